The van der Waals surface area contributed by atoms with E-state index in [2.05, 4.69) is 45.5 Å². The summed E-state index contributed by atoms with van der Waals surface area (Å²) in [6.45, 7) is 2.03. The number of halogens is 1. The number of thiazole rings is 1. The van der Waals surface area contributed by atoms with Crippen molar-refractivity contribution in [1.82, 2.24) is 4.57 Å². The second kappa shape index (κ2) is 8.43. The van der Waals surface area contributed by atoms with Crippen molar-refractivity contribution in [1.29, 1.82) is 0 Å². The highest BCUT2D eigenvalue weighted by Crippen LogP contribution is 2.64. The quantitative estimate of drug-likeness (QED) is 0.424. The van der Waals surface area contributed by atoms with Gasteiger partial charge >= 0.3 is 4.87 Å². The third-order valence-electron chi connectivity index (χ3n) is 7.64. The molecule has 1 amide bonds. The van der Waals surface area contributed by atoms with Gasteiger partial charge in [0.2, 0.25) is 5.91 Å². The van der Waals surface area contributed by atoms with E-state index in [0.717, 1.165) is 37.5 Å². The number of carbonyl (C=O) groups excluding carboxylic acids is 1. The first kappa shape index (κ1) is 21.7. The molecule has 0 radical (unpaired) electrons. The molecule has 1 N–H and O–H groups in total. The number of para-hydroxylation sites is 1. The predicted octanol–water partition coefficient (Wildman–Crippen LogP) is 6.27. The van der Waals surface area contributed by atoms with Crippen molar-refractivity contribution >= 4 is 50.6 Å². The van der Waals surface area contributed by atoms with E-state index in [-0.39, 0.29) is 23.2 Å². The number of aryl methyl sites for hydroxylation is 1. The molecule has 2 heterocycles. The van der Waals surface area contributed by atoms with Crippen LogP contribution in [0, 0.1) is 24.7 Å². The number of nitrogens with one attached hydrogen (secondary N) is 1. The van der Waals surface area contributed by atoms with Crippen LogP contribution in [0.5, 0.6) is 0 Å². The van der Waals surface area contributed by atoms with Crippen LogP contribution < -0.4 is 10.2 Å². The van der Waals surface area contributed by atoms with E-state index in [0.29, 0.717) is 11.2 Å². The maximum absolute atomic E-state index is 13.2. The summed E-state index contributed by atoms with van der Waals surface area (Å²) in [5, 5.41) is 4.55. The first-order valence-corrected chi connectivity index (χ1v) is 14.0. The van der Waals surface area contributed by atoms with Gasteiger partial charge in [0, 0.05) is 26.2 Å². The van der Waals surface area contributed by atoms with Gasteiger partial charge < -0.3 is 5.32 Å². The molecule has 170 valence electrons. The number of nitrogens with zero attached hydrogens (tertiary/aromatic N) is 1. The first-order chi connectivity index (χ1) is 16.0. The number of benzene rings is 2. The summed E-state index contributed by atoms with van der Waals surface area (Å²) in [6, 6.07) is 16.4. The monoisotopic (exact) mass is 540 g/mol. The molecule has 7 heteroatoms. The minimum Gasteiger partial charge on any atom is -0.324 e. The van der Waals surface area contributed by atoms with Crippen LogP contribution in [0.3, 0.4) is 0 Å². The lowest BCUT2D eigenvalue weighted by Crippen LogP contribution is -2.34. The molecule has 1 aromatic heterocycles. The molecule has 4 nitrogen and oxygen atoms in total. The van der Waals surface area contributed by atoms with Crippen LogP contribution >= 0.6 is 39.0 Å². The van der Waals surface area contributed by atoms with Crippen molar-refractivity contribution in [2.45, 2.75) is 48.9 Å². The molecular formula is C26H25BrN2O2S2. The third-order valence-corrected chi connectivity index (χ3v) is 11.0. The molecule has 2 bridgehead atoms. The zero-order valence-corrected chi connectivity index (χ0v) is 21.5. The van der Waals surface area contributed by atoms with Crippen LogP contribution in [-0.4, -0.2) is 15.7 Å². The molecule has 2 saturated carbocycles. The number of hydrogen-bond acceptors (Lipinski definition) is 4. The van der Waals surface area contributed by atoms with Gasteiger partial charge in [0.25, 0.3) is 0 Å². The summed E-state index contributed by atoms with van der Waals surface area (Å²) < 4.78 is 2.80. The van der Waals surface area contributed by atoms with Crippen molar-refractivity contribution in [3.63, 3.8) is 0 Å². The van der Waals surface area contributed by atoms with Gasteiger partial charge in [0.1, 0.15) is 6.54 Å². The SMILES string of the molecule is Cc1ccccc1NC(=O)Cn1c2c(sc1=O)[C@@H](c1ccc(Br)cc1)C1C3CCC(C3)C1S2. The minimum atomic E-state index is -0.150. The topological polar surface area (TPSA) is 51.1 Å². The smallest absolute Gasteiger partial charge is 0.308 e. The summed E-state index contributed by atoms with van der Waals surface area (Å²) in [6.07, 6.45) is 3.91. The van der Waals surface area contributed by atoms with Gasteiger partial charge in [-0.3, -0.25) is 14.2 Å². The number of anilines is 1. The lowest BCUT2D eigenvalue weighted by Gasteiger charge is -2.40. The zero-order chi connectivity index (χ0) is 22.7. The van der Waals surface area contributed by atoms with Crippen molar-refractivity contribution in [3.8, 4) is 0 Å². The Kier molecular flexibility index (Phi) is 5.54. The number of hydrogen-bond donors (Lipinski definition) is 1. The number of rotatable bonds is 4. The Morgan fingerprint density at radius 1 is 1.12 bits per heavy atom. The highest BCUT2D eigenvalue weighted by molar-refractivity contribution is 9.10. The van der Waals surface area contributed by atoms with Gasteiger partial charge in [-0.1, -0.05) is 57.6 Å². The van der Waals surface area contributed by atoms with E-state index in [9.17, 15) is 9.59 Å². The van der Waals surface area contributed by atoms with E-state index in [1.165, 1.54) is 36.2 Å². The number of aromatic nitrogens is 1. The van der Waals surface area contributed by atoms with E-state index in [1.807, 2.05) is 43.0 Å². The normalized spacial score (nSPS) is 27.3. The first-order valence-electron chi connectivity index (χ1n) is 11.5. The highest BCUT2D eigenvalue weighted by atomic mass is 79.9. The van der Waals surface area contributed by atoms with Crippen LogP contribution in [0.25, 0.3) is 0 Å². The van der Waals surface area contributed by atoms with Crippen LogP contribution in [0.2, 0.25) is 0 Å². The van der Waals surface area contributed by atoms with E-state index in [1.54, 1.807) is 4.57 Å². The fourth-order valence-electron chi connectivity index (χ4n) is 6.18. The predicted molar refractivity (Wildman–Crippen MR) is 138 cm³/mol. The van der Waals surface area contributed by atoms with Crippen molar-refractivity contribution in [2.75, 3.05) is 5.32 Å². The van der Waals surface area contributed by atoms with Crippen LogP contribution in [-0.2, 0) is 11.3 Å². The number of carbonyl (C=O) groups is 1. The summed E-state index contributed by atoms with van der Waals surface area (Å²) in [5.41, 5.74) is 3.10. The Labute approximate surface area is 209 Å². The fourth-order valence-corrected chi connectivity index (χ4v) is 9.59. The molecule has 1 aliphatic heterocycles. The minimum absolute atomic E-state index is 0.0261. The molecule has 33 heavy (non-hydrogen) atoms. The maximum atomic E-state index is 13.2. The fraction of sp³-hybridized carbons (Fsp3) is 0.385. The molecule has 3 aliphatic rings. The third kappa shape index (κ3) is 3.72. The van der Waals surface area contributed by atoms with Crippen LogP contribution in [0.15, 0.2) is 62.8 Å². The summed E-state index contributed by atoms with van der Waals surface area (Å²) >= 11 is 6.79. The zero-order valence-electron chi connectivity index (χ0n) is 18.3. The van der Waals surface area contributed by atoms with E-state index < -0.39 is 0 Å². The highest BCUT2D eigenvalue weighted by Gasteiger charge is 2.55. The average molecular weight is 542 g/mol. The standard InChI is InChI=1S/C26H25BrN2O2S2/c1-14-4-2-3-5-19(14)28-20(30)13-29-25-24(33-26(29)31)21(15-8-10-18(27)11-9-15)22-16-6-7-17(12-16)23(22)32-25/h2-5,8-11,16-17,21-23H,6-7,12-13H2,1H3,(H,28,30)/t16?,17?,21-,22?,23?/m0/s1. The van der Waals surface area contributed by atoms with Crippen molar-refractivity contribution < 1.29 is 4.79 Å². The second-order valence-corrected chi connectivity index (χ2v) is 12.6. The molecular weight excluding hydrogens is 516 g/mol. The Morgan fingerprint density at radius 2 is 1.88 bits per heavy atom. The summed E-state index contributed by atoms with van der Waals surface area (Å²) in [7, 11) is 0. The van der Waals surface area contributed by atoms with Gasteiger partial charge in [-0.25, -0.2) is 0 Å². The molecule has 3 aromatic rings. The van der Waals surface area contributed by atoms with Gasteiger partial charge in [0.15, 0.2) is 0 Å². The van der Waals surface area contributed by atoms with Gasteiger partial charge in [-0.15, -0.1) is 11.8 Å². The Morgan fingerprint density at radius 3 is 2.67 bits per heavy atom. The molecule has 6 rings (SSSR count). The number of amides is 1. The molecule has 2 fully saturated rings. The molecule has 0 saturated heterocycles. The average Bonchev–Trinajstić information content (AvgIpc) is 3.49. The van der Waals surface area contributed by atoms with Gasteiger partial charge in [-0.2, -0.15) is 0 Å². The number of thioether (sulfide) groups is 1. The van der Waals surface area contributed by atoms with Crippen molar-refractivity contribution in [3.05, 3.63) is 78.7 Å². The Bertz CT molecular complexity index is 1280. The van der Waals surface area contributed by atoms with Gasteiger partial charge in [-0.05, 0) is 73.3 Å². The van der Waals surface area contributed by atoms with Crippen molar-refractivity contribution in [2.24, 2.45) is 17.8 Å². The molecule has 4 unspecified atom stereocenters. The number of fused-ring (bicyclic) bond motifs is 6. The van der Waals surface area contributed by atoms with Crippen LogP contribution in [0.1, 0.15) is 41.2 Å². The Hall–Kier alpha value is -1.83. The second-order valence-electron chi connectivity index (χ2n) is 9.51. The molecule has 2 aromatic carbocycles. The van der Waals surface area contributed by atoms with E-state index >= 15 is 0 Å². The maximum Gasteiger partial charge on any atom is 0.308 e. The van der Waals surface area contributed by atoms with E-state index in [4.69, 9.17) is 0 Å². The Balaban J connectivity index is 1.37. The molecule has 2 aliphatic carbocycles. The van der Waals surface area contributed by atoms with Crippen LogP contribution in [0.4, 0.5) is 5.69 Å². The van der Waals surface area contributed by atoms with Gasteiger partial charge in [0.05, 0.1) is 5.03 Å². The summed E-state index contributed by atoms with van der Waals surface area (Å²) in [4.78, 5) is 27.2. The lowest BCUT2D eigenvalue weighted by atomic mass is 9.75. The largest absolute Gasteiger partial charge is 0.324 e. The molecule has 5 atom stereocenters. The lowest BCUT2D eigenvalue weighted by molar-refractivity contribution is -0.116. The molecule has 0 spiro atoms. The summed E-state index contributed by atoms with van der Waals surface area (Å²) in [5.74, 6) is 2.13.